The van der Waals surface area contributed by atoms with Crippen molar-refractivity contribution < 1.29 is 4.79 Å². The molecule has 0 aromatic heterocycles. The van der Waals surface area contributed by atoms with Crippen molar-refractivity contribution in [2.24, 2.45) is 0 Å². The van der Waals surface area contributed by atoms with Crippen LogP contribution >= 0.6 is 11.8 Å². The second kappa shape index (κ2) is 8.12. The van der Waals surface area contributed by atoms with E-state index in [-0.39, 0.29) is 5.91 Å². The van der Waals surface area contributed by atoms with Crippen LogP contribution in [0.5, 0.6) is 0 Å². The number of thioether (sulfide) groups is 1. The molecule has 2 fully saturated rings. The monoisotopic (exact) mass is 285 g/mol. The number of carbonyl (C=O) groups excluding carboxylic acids is 1. The number of hydrogen-bond acceptors (Lipinski definition) is 4. The molecule has 0 spiro atoms. The van der Waals surface area contributed by atoms with Gasteiger partial charge in [0, 0.05) is 17.8 Å². The Balaban J connectivity index is 1.63. The second-order valence-corrected chi connectivity index (χ2v) is 6.85. The fourth-order valence-corrected chi connectivity index (χ4v) is 3.92. The van der Waals surface area contributed by atoms with Gasteiger partial charge in [-0.05, 0) is 51.9 Å². The van der Waals surface area contributed by atoms with E-state index in [1.165, 1.54) is 25.8 Å². The summed E-state index contributed by atoms with van der Waals surface area (Å²) in [5, 5.41) is 7.24. The van der Waals surface area contributed by atoms with E-state index in [0.717, 1.165) is 32.6 Å². The summed E-state index contributed by atoms with van der Waals surface area (Å²) in [5.74, 6) is 0.860. The summed E-state index contributed by atoms with van der Waals surface area (Å²) in [5.41, 5.74) is 0. The molecule has 2 aliphatic rings. The van der Waals surface area contributed by atoms with Crippen LogP contribution < -0.4 is 10.6 Å². The lowest BCUT2D eigenvalue weighted by atomic mass is 10.1. The van der Waals surface area contributed by atoms with Crippen LogP contribution in [0.3, 0.4) is 0 Å². The molecule has 2 saturated heterocycles. The van der Waals surface area contributed by atoms with E-state index in [1.807, 2.05) is 11.8 Å². The summed E-state index contributed by atoms with van der Waals surface area (Å²) in [6.45, 7) is 7.71. The van der Waals surface area contributed by atoms with E-state index in [0.29, 0.717) is 17.0 Å². The maximum atomic E-state index is 12.0. The minimum Gasteiger partial charge on any atom is -0.351 e. The first-order chi connectivity index (χ1) is 9.28. The first kappa shape index (κ1) is 15.1. The molecule has 2 heterocycles. The van der Waals surface area contributed by atoms with Crippen LogP contribution in [0.2, 0.25) is 0 Å². The third kappa shape index (κ3) is 5.32. The van der Waals surface area contributed by atoms with Crippen LogP contribution in [0.25, 0.3) is 0 Å². The maximum Gasteiger partial charge on any atom is 0.230 e. The minimum atomic E-state index is 0.228. The van der Waals surface area contributed by atoms with Crippen molar-refractivity contribution in [3.63, 3.8) is 0 Å². The number of piperidine rings is 2. The van der Waals surface area contributed by atoms with Gasteiger partial charge in [-0.3, -0.25) is 4.79 Å². The van der Waals surface area contributed by atoms with Crippen molar-refractivity contribution in [1.29, 1.82) is 0 Å². The topological polar surface area (TPSA) is 44.4 Å². The van der Waals surface area contributed by atoms with Gasteiger partial charge in [0.15, 0.2) is 0 Å². The van der Waals surface area contributed by atoms with Crippen molar-refractivity contribution in [2.75, 3.05) is 38.5 Å². The van der Waals surface area contributed by atoms with Crippen LogP contribution in [0.1, 0.15) is 32.6 Å². The SMILES string of the molecule is CCN1CCCC(NC(=O)CSC2CCNCC2)C1. The van der Waals surface area contributed by atoms with Gasteiger partial charge in [-0.2, -0.15) is 0 Å². The number of hydrogen-bond donors (Lipinski definition) is 2. The molecule has 2 N–H and O–H groups in total. The van der Waals surface area contributed by atoms with Gasteiger partial charge in [0.1, 0.15) is 0 Å². The molecule has 2 aliphatic heterocycles. The first-order valence-electron chi connectivity index (χ1n) is 7.62. The Kier molecular flexibility index (Phi) is 6.47. The molecule has 1 amide bonds. The molecule has 0 aliphatic carbocycles. The smallest absolute Gasteiger partial charge is 0.230 e. The average Bonchev–Trinajstić information content (AvgIpc) is 2.46. The number of likely N-dealkylation sites (N-methyl/N-ethyl adjacent to an activating group) is 1. The lowest BCUT2D eigenvalue weighted by Gasteiger charge is -2.32. The predicted octanol–water partition coefficient (Wildman–Crippen LogP) is 1.07. The summed E-state index contributed by atoms with van der Waals surface area (Å²) in [6, 6.07) is 0.370. The Morgan fingerprint density at radius 1 is 1.37 bits per heavy atom. The van der Waals surface area contributed by atoms with E-state index in [1.54, 1.807) is 0 Å². The van der Waals surface area contributed by atoms with Gasteiger partial charge < -0.3 is 15.5 Å². The Hall–Kier alpha value is -0.260. The Labute approximate surface area is 121 Å². The molecular formula is C14H27N3OS. The maximum absolute atomic E-state index is 12.0. The van der Waals surface area contributed by atoms with Gasteiger partial charge in [-0.15, -0.1) is 11.8 Å². The van der Waals surface area contributed by atoms with Crippen molar-refractivity contribution in [2.45, 2.75) is 43.9 Å². The highest BCUT2D eigenvalue weighted by Crippen LogP contribution is 2.20. The molecule has 0 aromatic carbocycles. The van der Waals surface area contributed by atoms with Gasteiger partial charge in [0.05, 0.1) is 5.75 Å². The van der Waals surface area contributed by atoms with Crippen molar-refractivity contribution >= 4 is 17.7 Å². The van der Waals surface area contributed by atoms with Gasteiger partial charge in [0.2, 0.25) is 5.91 Å². The summed E-state index contributed by atoms with van der Waals surface area (Å²) < 4.78 is 0. The van der Waals surface area contributed by atoms with Crippen LogP contribution in [0.4, 0.5) is 0 Å². The Bertz CT molecular complexity index is 282. The fourth-order valence-electron chi connectivity index (χ4n) is 2.89. The molecule has 0 aromatic rings. The van der Waals surface area contributed by atoms with Gasteiger partial charge >= 0.3 is 0 Å². The highest BCUT2D eigenvalue weighted by molar-refractivity contribution is 8.00. The zero-order valence-electron chi connectivity index (χ0n) is 12.0. The lowest BCUT2D eigenvalue weighted by Crippen LogP contribution is -2.48. The molecule has 0 radical (unpaired) electrons. The number of likely N-dealkylation sites (tertiary alicyclic amines) is 1. The quantitative estimate of drug-likeness (QED) is 0.793. The summed E-state index contributed by atoms with van der Waals surface area (Å²) in [7, 11) is 0. The van der Waals surface area contributed by atoms with E-state index >= 15 is 0 Å². The zero-order chi connectivity index (χ0) is 13.5. The van der Waals surface area contributed by atoms with E-state index in [9.17, 15) is 4.79 Å². The summed E-state index contributed by atoms with van der Waals surface area (Å²) >= 11 is 1.83. The molecule has 1 unspecified atom stereocenters. The summed E-state index contributed by atoms with van der Waals surface area (Å²) in [4.78, 5) is 14.4. The number of amides is 1. The van der Waals surface area contributed by atoms with Crippen LogP contribution in [-0.4, -0.2) is 60.6 Å². The third-order valence-corrected chi connectivity index (χ3v) is 5.43. The molecular weight excluding hydrogens is 258 g/mol. The largest absolute Gasteiger partial charge is 0.351 e. The molecule has 1 atom stereocenters. The Morgan fingerprint density at radius 2 is 2.16 bits per heavy atom. The predicted molar refractivity (Wildman–Crippen MR) is 81.6 cm³/mol. The summed E-state index contributed by atoms with van der Waals surface area (Å²) in [6.07, 6.45) is 4.75. The second-order valence-electron chi connectivity index (χ2n) is 5.56. The van der Waals surface area contributed by atoms with Gasteiger partial charge in [0.25, 0.3) is 0 Å². The average molecular weight is 285 g/mol. The lowest BCUT2D eigenvalue weighted by molar-refractivity contribution is -0.119. The zero-order valence-corrected chi connectivity index (χ0v) is 12.8. The van der Waals surface area contributed by atoms with Crippen LogP contribution in [0.15, 0.2) is 0 Å². The molecule has 0 bridgehead atoms. The number of rotatable bonds is 5. The Morgan fingerprint density at radius 3 is 2.89 bits per heavy atom. The van der Waals surface area contributed by atoms with E-state index in [4.69, 9.17) is 0 Å². The van der Waals surface area contributed by atoms with Crippen molar-refractivity contribution in [3.8, 4) is 0 Å². The number of nitrogens with zero attached hydrogens (tertiary/aromatic N) is 1. The fraction of sp³-hybridized carbons (Fsp3) is 0.929. The number of nitrogens with one attached hydrogen (secondary N) is 2. The molecule has 0 saturated carbocycles. The third-order valence-electron chi connectivity index (χ3n) is 4.05. The molecule has 19 heavy (non-hydrogen) atoms. The number of carbonyl (C=O) groups is 1. The molecule has 2 rings (SSSR count). The normalized spacial score (nSPS) is 26.3. The molecule has 110 valence electrons. The van der Waals surface area contributed by atoms with Crippen LogP contribution in [-0.2, 0) is 4.79 Å². The van der Waals surface area contributed by atoms with E-state index < -0.39 is 0 Å². The van der Waals surface area contributed by atoms with Crippen molar-refractivity contribution in [1.82, 2.24) is 15.5 Å². The van der Waals surface area contributed by atoms with Gasteiger partial charge in [-0.1, -0.05) is 6.92 Å². The minimum absolute atomic E-state index is 0.228. The van der Waals surface area contributed by atoms with Crippen molar-refractivity contribution in [3.05, 3.63) is 0 Å². The highest BCUT2D eigenvalue weighted by Gasteiger charge is 2.21. The molecule has 5 heteroatoms. The highest BCUT2D eigenvalue weighted by atomic mass is 32.2. The van der Waals surface area contributed by atoms with Crippen LogP contribution in [0, 0.1) is 0 Å². The van der Waals surface area contributed by atoms with Gasteiger partial charge in [-0.25, -0.2) is 0 Å². The van der Waals surface area contributed by atoms with E-state index in [2.05, 4.69) is 22.5 Å². The molecule has 4 nitrogen and oxygen atoms in total. The standard InChI is InChI=1S/C14H27N3OS/c1-2-17-9-3-4-12(10-17)16-14(18)11-19-13-5-7-15-8-6-13/h12-13,15H,2-11H2,1H3,(H,16,18). The first-order valence-corrected chi connectivity index (χ1v) is 8.67.